The molecule has 0 atom stereocenters. The number of hydrogen-bond donors (Lipinski definition) is 1. The summed E-state index contributed by atoms with van der Waals surface area (Å²) < 4.78 is 6.58. The molecule has 0 unspecified atom stereocenters. The standard InChI is InChI=1S/C18H20N4O3S/c1-11(2)8-22-17(24)16-14(10-26-20-16)21(18(22)25)9-15(23)19-13-6-4-5-12(3)7-13/h4-7,10-11H,8-9H2,1-3H3,(H,19,23). The fourth-order valence-electron chi connectivity index (χ4n) is 2.78. The van der Waals surface area contributed by atoms with Crippen LogP contribution in [0, 0.1) is 12.8 Å². The lowest BCUT2D eigenvalue weighted by atomic mass is 10.2. The average Bonchev–Trinajstić information content (AvgIpc) is 3.05. The molecule has 26 heavy (non-hydrogen) atoms. The van der Waals surface area contributed by atoms with Crippen molar-refractivity contribution in [1.82, 2.24) is 13.5 Å². The minimum absolute atomic E-state index is 0.117. The lowest BCUT2D eigenvalue weighted by molar-refractivity contribution is -0.116. The first kappa shape index (κ1) is 18.1. The molecule has 0 aliphatic rings. The number of anilines is 1. The minimum Gasteiger partial charge on any atom is -0.325 e. The third-order valence-corrected chi connectivity index (χ3v) is 4.52. The average molecular weight is 372 g/mol. The van der Waals surface area contributed by atoms with Gasteiger partial charge < -0.3 is 5.32 Å². The smallest absolute Gasteiger partial charge is 0.325 e. The fourth-order valence-corrected chi connectivity index (χ4v) is 3.45. The van der Waals surface area contributed by atoms with E-state index < -0.39 is 11.2 Å². The van der Waals surface area contributed by atoms with Gasteiger partial charge in [0.15, 0.2) is 5.52 Å². The highest BCUT2D eigenvalue weighted by atomic mass is 32.1. The van der Waals surface area contributed by atoms with Gasteiger partial charge in [0.1, 0.15) is 6.54 Å². The summed E-state index contributed by atoms with van der Waals surface area (Å²) in [7, 11) is 0. The summed E-state index contributed by atoms with van der Waals surface area (Å²) in [5, 5.41) is 4.41. The summed E-state index contributed by atoms with van der Waals surface area (Å²) in [5.74, 6) is -0.217. The Bertz CT molecular complexity index is 1080. The molecule has 0 saturated carbocycles. The van der Waals surface area contributed by atoms with Crippen LogP contribution >= 0.6 is 11.5 Å². The molecule has 1 aromatic carbocycles. The number of rotatable bonds is 5. The fraction of sp³-hybridized carbons (Fsp3) is 0.333. The van der Waals surface area contributed by atoms with Crippen molar-refractivity contribution in [2.75, 3.05) is 5.32 Å². The summed E-state index contributed by atoms with van der Waals surface area (Å²) in [4.78, 5) is 37.8. The third kappa shape index (κ3) is 3.60. The molecule has 7 nitrogen and oxygen atoms in total. The number of nitrogens with zero attached hydrogens (tertiary/aromatic N) is 3. The van der Waals surface area contributed by atoms with Gasteiger partial charge in [-0.15, -0.1) is 0 Å². The zero-order chi connectivity index (χ0) is 18.8. The molecule has 2 heterocycles. The SMILES string of the molecule is Cc1cccc(NC(=O)Cn2c(=O)n(CC(C)C)c(=O)c3nscc32)c1. The number of fused-ring (bicyclic) bond motifs is 1. The van der Waals surface area contributed by atoms with E-state index in [4.69, 9.17) is 0 Å². The molecule has 136 valence electrons. The van der Waals surface area contributed by atoms with E-state index in [9.17, 15) is 14.4 Å². The third-order valence-electron chi connectivity index (χ3n) is 3.90. The van der Waals surface area contributed by atoms with Crippen molar-refractivity contribution >= 4 is 34.2 Å². The summed E-state index contributed by atoms with van der Waals surface area (Å²) in [6.45, 7) is 5.88. The normalized spacial score (nSPS) is 11.2. The van der Waals surface area contributed by atoms with Crippen LogP contribution in [0.5, 0.6) is 0 Å². The van der Waals surface area contributed by atoms with Gasteiger partial charge in [0.05, 0.1) is 5.52 Å². The van der Waals surface area contributed by atoms with Crippen LogP contribution in [0.4, 0.5) is 5.69 Å². The molecule has 1 N–H and O–H groups in total. The molecule has 0 aliphatic carbocycles. The molecule has 3 aromatic rings. The van der Waals surface area contributed by atoms with Crippen molar-refractivity contribution in [3.05, 3.63) is 56.0 Å². The molecule has 3 rings (SSSR count). The largest absolute Gasteiger partial charge is 0.332 e. The summed E-state index contributed by atoms with van der Waals surface area (Å²) in [6, 6.07) is 7.42. The van der Waals surface area contributed by atoms with Gasteiger partial charge in [0.2, 0.25) is 5.91 Å². The van der Waals surface area contributed by atoms with Gasteiger partial charge in [-0.1, -0.05) is 26.0 Å². The van der Waals surface area contributed by atoms with Crippen LogP contribution in [0.1, 0.15) is 19.4 Å². The van der Waals surface area contributed by atoms with E-state index in [-0.39, 0.29) is 30.4 Å². The number of carbonyl (C=O) groups is 1. The highest BCUT2D eigenvalue weighted by molar-refractivity contribution is 7.04. The Hall–Kier alpha value is -2.74. The van der Waals surface area contributed by atoms with E-state index in [0.717, 1.165) is 21.7 Å². The first-order chi connectivity index (χ1) is 12.4. The lowest BCUT2D eigenvalue weighted by Crippen LogP contribution is -2.42. The van der Waals surface area contributed by atoms with Gasteiger partial charge in [-0.05, 0) is 42.1 Å². The van der Waals surface area contributed by atoms with Crippen LogP contribution in [-0.4, -0.2) is 19.4 Å². The minimum atomic E-state index is -0.490. The van der Waals surface area contributed by atoms with Crippen molar-refractivity contribution in [3.63, 3.8) is 0 Å². The number of aromatic nitrogens is 3. The number of hydrogen-bond acceptors (Lipinski definition) is 5. The predicted octanol–water partition coefficient (Wildman–Crippen LogP) is 2.22. The van der Waals surface area contributed by atoms with Crippen LogP contribution in [0.3, 0.4) is 0 Å². The Kier molecular flexibility index (Phi) is 5.03. The van der Waals surface area contributed by atoms with Gasteiger partial charge in [-0.2, -0.15) is 4.37 Å². The Morgan fingerprint density at radius 2 is 2.04 bits per heavy atom. The number of aryl methyl sites for hydroxylation is 1. The molecule has 8 heteroatoms. The van der Waals surface area contributed by atoms with Crippen molar-refractivity contribution < 1.29 is 4.79 Å². The topological polar surface area (TPSA) is 86.0 Å². The molecule has 1 amide bonds. The zero-order valence-corrected chi connectivity index (χ0v) is 15.7. The van der Waals surface area contributed by atoms with E-state index in [0.29, 0.717) is 11.2 Å². The van der Waals surface area contributed by atoms with Gasteiger partial charge in [-0.3, -0.25) is 18.7 Å². The van der Waals surface area contributed by atoms with E-state index >= 15 is 0 Å². The maximum Gasteiger partial charge on any atom is 0.332 e. The maximum atomic E-state index is 12.8. The number of benzene rings is 1. The first-order valence-electron chi connectivity index (χ1n) is 8.31. The highest BCUT2D eigenvalue weighted by Gasteiger charge is 2.17. The second-order valence-electron chi connectivity index (χ2n) is 6.64. The van der Waals surface area contributed by atoms with Crippen LogP contribution in [0.15, 0.2) is 39.2 Å². The molecule has 0 spiro atoms. The van der Waals surface area contributed by atoms with Gasteiger partial charge in [-0.25, -0.2) is 4.79 Å². The van der Waals surface area contributed by atoms with Gasteiger partial charge in [0, 0.05) is 17.6 Å². The van der Waals surface area contributed by atoms with Crippen molar-refractivity contribution in [2.45, 2.75) is 33.9 Å². The Morgan fingerprint density at radius 1 is 1.27 bits per heavy atom. The number of carbonyl (C=O) groups excluding carboxylic acids is 1. The van der Waals surface area contributed by atoms with Crippen LogP contribution < -0.4 is 16.6 Å². The molecule has 0 radical (unpaired) electrons. The molecule has 0 fully saturated rings. The molecule has 0 bridgehead atoms. The lowest BCUT2D eigenvalue weighted by Gasteiger charge is -2.13. The van der Waals surface area contributed by atoms with Crippen LogP contribution in [0.2, 0.25) is 0 Å². The van der Waals surface area contributed by atoms with E-state index in [2.05, 4.69) is 9.69 Å². The molecule has 0 aliphatic heterocycles. The molecular formula is C18H20N4O3S. The second kappa shape index (κ2) is 7.25. The molecule has 2 aromatic heterocycles. The Balaban J connectivity index is 1.99. The number of amides is 1. The van der Waals surface area contributed by atoms with Crippen molar-refractivity contribution in [1.29, 1.82) is 0 Å². The van der Waals surface area contributed by atoms with Crippen LogP contribution in [-0.2, 0) is 17.9 Å². The Morgan fingerprint density at radius 3 is 2.73 bits per heavy atom. The highest BCUT2D eigenvalue weighted by Crippen LogP contribution is 2.12. The van der Waals surface area contributed by atoms with Gasteiger partial charge in [0.25, 0.3) is 5.56 Å². The summed E-state index contributed by atoms with van der Waals surface area (Å²) >= 11 is 1.10. The van der Waals surface area contributed by atoms with Crippen molar-refractivity contribution in [2.24, 2.45) is 5.92 Å². The Labute approximate surface area is 154 Å². The number of nitrogens with one attached hydrogen (secondary N) is 1. The summed E-state index contributed by atoms with van der Waals surface area (Å²) in [5.41, 5.74) is 1.40. The van der Waals surface area contributed by atoms with E-state index in [1.807, 2.05) is 39.0 Å². The van der Waals surface area contributed by atoms with E-state index in [1.54, 1.807) is 11.4 Å². The monoisotopic (exact) mass is 372 g/mol. The van der Waals surface area contributed by atoms with Crippen molar-refractivity contribution in [3.8, 4) is 0 Å². The molecule has 0 saturated heterocycles. The first-order valence-corrected chi connectivity index (χ1v) is 9.14. The summed E-state index contributed by atoms with van der Waals surface area (Å²) in [6.07, 6.45) is 0. The molecular weight excluding hydrogens is 352 g/mol. The quantitative estimate of drug-likeness (QED) is 0.744. The second-order valence-corrected chi connectivity index (χ2v) is 7.27. The van der Waals surface area contributed by atoms with E-state index in [1.165, 1.54) is 4.57 Å². The maximum absolute atomic E-state index is 12.8. The predicted molar refractivity (Wildman–Crippen MR) is 103 cm³/mol. The van der Waals surface area contributed by atoms with Gasteiger partial charge >= 0.3 is 5.69 Å². The van der Waals surface area contributed by atoms with Crippen LogP contribution in [0.25, 0.3) is 11.0 Å². The zero-order valence-electron chi connectivity index (χ0n) is 14.9.